The van der Waals surface area contributed by atoms with Crippen LogP contribution in [0.2, 0.25) is 0 Å². The van der Waals surface area contributed by atoms with Gasteiger partial charge in [-0.3, -0.25) is 0 Å². The van der Waals surface area contributed by atoms with E-state index in [4.69, 9.17) is 0 Å². The van der Waals surface area contributed by atoms with Crippen molar-refractivity contribution in [1.29, 1.82) is 0 Å². The molecular weight excluding hydrogens is 1340 g/mol. The maximum absolute atomic E-state index is 14.2. The average molecular weight is 1450 g/mol. The van der Waals surface area contributed by atoms with E-state index in [-0.39, 0.29) is 17.5 Å². The molecule has 5 aromatic heterocycles. The zero-order valence-corrected chi connectivity index (χ0v) is 68.8. The van der Waals surface area contributed by atoms with E-state index in [2.05, 4.69) is 306 Å². The topological polar surface area (TPSA) is 19.4 Å². The highest BCUT2D eigenvalue weighted by atomic mass is 19.1. The molecule has 5 nitrogen and oxygen atoms in total. The molecule has 554 valence electrons. The van der Waals surface area contributed by atoms with E-state index in [1.165, 1.54) is 139 Å². The van der Waals surface area contributed by atoms with Gasteiger partial charge in [-0.1, -0.05) is 108 Å². The van der Waals surface area contributed by atoms with Crippen molar-refractivity contribution in [1.82, 2.24) is 0 Å². The molecule has 0 spiro atoms. The summed E-state index contributed by atoms with van der Waals surface area (Å²) in [7, 11) is 10.5. The Bertz CT molecular complexity index is 6010. The Labute approximate surface area is 646 Å². The van der Waals surface area contributed by atoms with Gasteiger partial charge in [0.1, 0.15) is 52.7 Å². The Balaban J connectivity index is 0.000000135. The molecule has 109 heavy (non-hydrogen) atoms. The fourth-order valence-corrected chi connectivity index (χ4v) is 15.7. The number of fused-ring (bicyclic) bond motifs is 5. The number of hydrogen-bond acceptors (Lipinski definition) is 0. The predicted molar refractivity (Wildman–Crippen MR) is 452 cm³/mol. The molecule has 10 aromatic carbocycles. The van der Waals surface area contributed by atoms with Gasteiger partial charge in [0.2, 0.25) is 56.1 Å². The van der Waals surface area contributed by atoms with Crippen LogP contribution in [-0.4, -0.2) is 0 Å². The van der Waals surface area contributed by atoms with Gasteiger partial charge in [0.15, 0.2) is 0 Å². The third kappa shape index (κ3) is 16.3. The highest BCUT2D eigenvalue weighted by molar-refractivity contribution is 5.86. The summed E-state index contributed by atoms with van der Waals surface area (Å²) in [5.74, 6) is -0.359. The quantitative estimate of drug-likeness (QED) is 0.142. The first-order valence-electron chi connectivity index (χ1n) is 38.3. The van der Waals surface area contributed by atoms with Gasteiger partial charge >= 0.3 is 0 Å². The van der Waals surface area contributed by atoms with Crippen LogP contribution in [0, 0.1) is 135 Å². The lowest BCUT2D eigenvalue weighted by molar-refractivity contribution is -0.633. The number of pyridine rings is 5. The standard InChI is InChI=1S/C21H23FN.2C20H21FN.2C20H22N/c1-12-9-13(2)15(4)18(10-12)19-8-7-17-16(5)21(22)14(3)11-20(17)23(19)6;1-12-8-13(2)15(4)17(9-12)19-7-6-16-11-18(21)14(3)10-20(16)22(19)5;1-12-6-7-13(2)17(10-12)18-9-8-16-15(4)20(21)14(3)11-19(16)22(18)5;1-5-16-8-9-17-10-11-19(21(4)20(17)13-16)18-12-14(2)6-7-15(18)3;1-5-16-7-6-8-19-17(16)11-12-20(21(19)4)18-13-14(2)9-10-15(18)3/h7-11H,1-6H3;2*6-11H,1-5H3;2*6-13H,5H2,1-4H3/q5*+1. The first-order chi connectivity index (χ1) is 51.8. The van der Waals surface area contributed by atoms with Crippen molar-refractivity contribution in [2.24, 2.45) is 35.2 Å². The second-order valence-electron chi connectivity index (χ2n) is 30.6. The minimum Gasteiger partial charge on any atom is -0.207 e. The average Bonchev–Trinajstić information content (AvgIpc) is 0.782. The molecule has 0 bridgehead atoms. The minimum absolute atomic E-state index is 0.104. The molecule has 0 aliphatic rings. The zero-order chi connectivity index (χ0) is 78.9. The van der Waals surface area contributed by atoms with Gasteiger partial charge in [0.25, 0.3) is 0 Å². The number of aryl methyl sites for hydroxylation is 22. The van der Waals surface area contributed by atoms with Crippen LogP contribution in [0.15, 0.2) is 200 Å². The van der Waals surface area contributed by atoms with Gasteiger partial charge in [-0.15, -0.1) is 0 Å². The molecular formula is C101H109F3N5+5. The van der Waals surface area contributed by atoms with Gasteiger partial charge < -0.3 is 0 Å². The van der Waals surface area contributed by atoms with Crippen LogP contribution >= 0.6 is 0 Å². The summed E-state index contributed by atoms with van der Waals surface area (Å²) in [5, 5.41) is 5.53. The highest BCUT2D eigenvalue weighted by Gasteiger charge is 2.25. The summed E-state index contributed by atoms with van der Waals surface area (Å²) in [5.41, 5.74) is 39.9. The smallest absolute Gasteiger partial charge is 0.207 e. The molecule has 8 heteroatoms. The molecule has 0 fully saturated rings. The number of halogens is 3. The number of nitrogens with zero attached hydrogens (tertiary/aromatic N) is 5. The van der Waals surface area contributed by atoms with E-state index in [1.807, 2.05) is 78.1 Å². The summed E-state index contributed by atoms with van der Waals surface area (Å²) in [6.45, 7) is 39.3. The van der Waals surface area contributed by atoms with Crippen LogP contribution in [0.4, 0.5) is 13.2 Å². The largest absolute Gasteiger partial charge is 0.213 e. The third-order valence-electron chi connectivity index (χ3n) is 22.6. The summed E-state index contributed by atoms with van der Waals surface area (Å²) < 4.78 is 53.2. The Kier molecular flexibility index (Phi) is 23.8. The van der Waals surface area contributed by atoms with Crippen molar-refractivity contribution in [2.75, 3.05) is 0 Å². The molecule has 0 N–H and O–H groups in total. The number of aromatic nitrogens is 5. The van der Waals surface area contributed by atoms with E-state index in [1.54, 1.807) is 6.07 Å². The molecule has 0 atom stereocenters. The number of benzene rings is 10. The van der Waals surface area contributed by atoms with E-state index in [0.717, 1.165) is 73.8 Å². The lowest BCUT2D eigenvalue weighted by Crippen LogP contribution is -2.32. The van der Waals surface area contributed by atoms with Crippen LogP contribution in [0.1, 0.15) is 120 Å². The van der Waals surface area contributed by atoms with Crippen molar-refractivity contribution in [3.8, 4) is 56.3 Å². The van der Waals surface area contributed by atoms with Crippen molar-refractivity contribution >= 4 is 54.5 Å². The second kappa shape index (κ2) is 32.9. The normalized spacial score (nSPS) is 11.1. The molecule has 15 rings (SSSR count). The summed E-state index contributed by atoms with van der Waals surface area (Å²) >= 11 is 0. The maximum Gasteiger partial charge on any atom is 0.213 e. The second-order valence-corrected chi connectivity index (χ2v) is 30.6. The summed E-state index contributed by atoms with van der Waals surface area (Å²) in [6.07, 6.45) is 2.14. The minimum atomic E-state index is -0.150. The van der Waals surface area contributed by atoms with Gasteiger partial charge in [0.05, 0.1) is 10.8 Å². The molecule has 0 saturated carbocycles. The van der Waals surface area contributed by atoms with Gasteiger partial charge in [-0.2, -0.15) is 22.8 Å². The highest BCUT2D eigenvalue weighted by Crippen LogP contribution is 2.34. The molecule has 15 aromatic rings. The van der Waals surface area contributed by atoms with E-state index in [9.17, 15) is 13.2 Å². The maximum atomic E-state index is 14.2. The third-order valence-corrected chi connectivity index (χ3v) is 22.6. The monoisotopic (exact) mass is 1450 g/mol. The van der Waals surface area contributed by atoms with Crippen molar-refractivity contribution < 1.29 is 36.0 Å². The van der Waals surface area contributed by atoms with E-state index in [0.29, 0.717) is 16.7 Å². The molecule has 0 radical (unpaired) electrons. The van der Waals surface area contributed by atoms with Crippen LogP contribution in [0.5, 0.6) is 0 Å². The number of rotatable bonds is 7. The first-order valence-corrected chi connectivity index (χ1v) is 38.3. The van der Waals surface area contributed by atoms with Crippen LogP contribution in [0.3, 0.4) is 0 Å². The van der Waals surface area contributed by atoms with Crippen LogP contribution in [0.25, 0.3) is 111 Å². The SMILES string of the molecule is CCc1ccc2ccc(-c3cc(C)ccc3C)[n+](C)c2c1.CCc1cccc2c1ccc(-c1cc(C)ccc1C)[n+]2C.Cc1cc(C)c(C)c(-c2ccc3c(C)c(F)c(C)cc3[n+]2C)c1.Cc1cc(C)c(C)c(-c2ccc3cc(F)c(C)cc3[n+]2C)c1.Cc1ccc(C)c(-c2ccc3c(C)c(F)c(C)cc3[n+]2C)c1. The Morgan fingerprint density at radius 2 is 0.606 bits per heavy atom. The molecule has 5 heterocycles. The summed E-state index contributed by atoms with van der Waals surface area (Å²) in [6, 6.07) is 70.8. The molecule has 0 unspecified atom stereocenters. The van der Waals surface area contributed by atoms with Gasteiger partial charge in [-0.05, 0) is 281 Å². The first kappa shape index (κ1) is 79.1. The van der Waals surface area contributed by atoms with Crippen molar-refractivity contribution in [3.63, 3.8) is 0 Å². The Morgan fingerprint density at radius 1 is 0.248 bits per heavy atom. The summed E-state index contributed by atoms with van der Waals surface area (Å²) in [4.78, 5) is 0. The van der Waals surface area contributed by atoms with Gasteiger partial charge in [-0.25, -0.2) is 13.2 Å². The predicted octanol–water partition coefficient (Wildman–Crippen LogP) is 23.4. The molecule has 0 amide bonds. The zero-order valence-electron chi connectivity index (χ0n) is 68.8. The molecule has 0 aliphatic carbocycles. The molecule has 0 saturated heterocycles. The Morgan fingerprint density at radius 3 is 1.04 bits per heavy atom. The Hall–Kier alpha value is -11.0. The lowest BCUT2D eigenvalue weighted by Gasteiger charge is -2.12. The van der Waals surface area contributed by atoms with E-state index < -0.39 is 0 Å². The van der Waals surface area contributed by atoms with E-state index >= 15 is 0 Å². The van der Waals surface area contributed by atoms with Crippen LogP contribution in [-0.2, 0) is 48.1 Å². The number of hydrogen-bond donors (Lipinski definition) is 0. The van der Waals surface area contributed by atoms with Gasteiger partial charge in [0, 0.05) is 105 Å². The molecule has 0 aliphatic heterocycles. The van der Waals surface area contributed by atoms with Crippen molar-refractivity contribution in [2.45, 2.75) is 144 Å². The lowest BCUT2D eigenvalue weighted by atomic mass is 9.96. The van der Waals surface area contributed by atoms with Crippen LogP contribution < -0.4 is 22.8 Å². The fraction of sp³-hybridized carbons (Fsp3) is 0.257. The fourth-order valence-electron chi connectivity index (χ4n) is 15.7. The van der Waals surface area contributed by atoms with Crippen molar-refractivity contribution in [3.05, 3.63) is 323 Å².